The summed E-state index contributed by atoms with van der Waals surface area (Å²) in [5, 5.41) is 10.7. The Kier molecular flexibility index (Phi) is 5.33. The van der Waals surface area contributed by atoms with Crippen LogP contribution in [0.4, 0.5) is 5.82 Å². The summed E-state index contributed by atoms with van der Waals surface area (Å²) in [5.74, 6) is 1.00. The number of fused-ring (bicyclic) bond motifs is 1. The normalized spacial score (nSPS) is 16.1. The average molecular weight is 343 g/mol. The molecule has 1 aromatic heterocycles. The third-order valence-corrected chi connectivity index (χ3v) is 4.90. The average Bonchev–Trinajstić information content (AvgIpc) is 2.91. The van der Waals surface area contributed by atoms with Gasteiger partial charge in [-0.15, -0.1) is 0 Å². The molecule has 0 aliphatic carbocycles. The summed E-state index contributed by atoms with van der Waals surface area (Å²) in [6.07, 6.45) is 3.17. The van der Waals surface area contributed by atoms with Gasteiger partial charge < -0.3 is 15.5 Å². The van der Waals surface area contributed by atoms with Gasteiger partial charge in [0.2, 0.25) is 12.3 Å². The number of carbonyl (C=O) groups is 2. The van der Waals surface area contributed by atoms with Crippen molar-refractivity contribution in [2.24, 2.45) is 7.05 Å². The molecule has 134 valence electrons. The minimum Gasteiger partial charge on any atom is -0.358 e. The lowest BCUT2D eigenvalue weighted by Crippen LogP contribution is -2.29. The third kappa shape index (κ3) is 3.99. The molecule has 1 aliphatic heterocycles. The zero-order chi connectivity index (χ0) is 17.8. The Balaban J connectivity index is 1.76. The van der Waals surface area contributed by atoms with Gasteiger partial charge in [0.1, 0.15) is 0 Å². The molecule has 2 heterocycles. The Labute approximate surface area is 147 Å². The van der Waals surface area contributed by atoms with Crippen LogP contribution in [-0.4, -0.2) is 53.7 Å². The summed E-state index contributed by atoms with van der Waals surface area (Å²) in [4.78, 5) is 24.6. The summed E-state index contributed by atoms with van der Waals surface area (Å²) in [6, 6.07) is 6.40. The number of piperidine rings is 1. The highest BCUT2D eigenvalue weighted by Crippen LogP contribution is 2.31. The molecule has 1 aliphatic rings. The van der Waals surface area contributed by atoms with Crippen molar-refractivity contribution in [2.45, 2.75) is 25.2 Å². The van der Waals surface area contributed by atoms with E-state index in [2.05, 4.69) is 45.9 Å². The number of rotatable bonds is 6. The number of hydrogen-bond donors (Lipinski definition) is 2. The molecule has 2 amide bonds. The quantitative estimate of drug-likeness (QED) is 0.615. The standard InChI is InChI=1S/C18H25N5O2/c1-22-9-6-13(7-10-22)14-3-4-15-16(11-14)23(2)21-18(15)20-17(25)5-8-19-12-24/h3-4,11-13H,5-10H2,1-2H3,(H,19,24)(H,20,21,25). The molecule has 2 N–H and O–H groups in total. The maximum atomic E-state index is 12.0. The topological polar surface area (TPSA) is 79.3 Å². The van der Waals surface area contributed by atoms with Crippen molar-refractivity contribution in [2.75, 3.05) is 32.0 Å². The summed E-state index contributed by atoms with van der Waals surface area (Å²) in [6.45, 7) is 2.58. The number of aryl methyl sites for hydroxylation is 1. The maximum Gasteiger partial charge on any atom is 0.227 e. The van der Waals surface area contributed by atoms with Gasteiger partial charge in [0.25, 0.3) is 0 Å². The second-order valence-electron chi connectivity index (χ2n) is 6.70. The molecule has 0 unspecified atom stereocenters. The van der Waals surface area contributed by atoms with Gasteiger partial charge in [-0.25, -0.2) is 0 Å². The van der Waals surface area contributed by atoms with Gasteiger partial charge in [-0.1, -0.05) is 6.07 Å². The van der Waals surface area contributed by atoms with E-state index in [4.69, 9.17) is 0 Å². The van der Waals surface area contributed by atoms with E-state index >= 15 is 0 Å². The Morgan fingerprint density at radius 1 is 1.32 bits per heavy atom. The first kappa shape index (κ1) is 17.4. The summed E-state index contributed by atoms with van der Waals surface area (Å²) in [7, 11) is 4.06. The van der Waals surface area contributed by atoms with Crippen LogP contribution in [0.1, 0.15) is 30.7 Å². The Morgan fingerprint density at radius 3 is 2.80 bits per heavy atom. The van der Waals surface area contributed by atoms with Gasteiger partial charge in [0.15, 0.2) is 5.82 Å². The number of aromatic nitrogens is 2. The second-order valence-corrected chi connectivity index (χ2v) is 6.70. The largest absolute Gasteiger partial charge is 0.358 e. The van der Waals surface area contributed by atoms with Crippen molar-refractivity contribution in [3.8, 4) is 0 Å². The first-order chi connectivity index (χ1) is 12.1. The van der Waals surface area contributed by atoms with E-state index in [9.17, 15) is 9.59 Å². The van der Waals surface area contributed by atoms with Crippen molar-refractivity contribution in [3.05, 3.63) is 23.8 Å². The molecule has 1 fully saturated rings. The highest BCUT2D eigenvalue weighted by molar-refractivity contribution is 6.00. The first-order valence-electron chi connectivity index (χ1n) is 8.70. The molecular weight excluding hydrogens is 318 g/mol. The minimum atomic E-state index is -0.159. The molecule has 0 spiro atoms. The lowest BCUT2D eigenvalue weighted by atomic mass is 9.89. The molecule has 7 nitrogen and oxygen atoms in total. The van der Waals surface area contributed by atoms with Crippen LogP contribution in [0.5, 0.6) is 0 Å². The molecule has 0 saturated carbocycles. The lowest BCUT2D eigenvalue weighted by Gasteiger charge is -2.29. The molecule has 1 saturated heterocycles. The van der Waals surface area contributed by atoms with Gasteiger partial charge in [0, 0.05) is 25.4 Å². The molecule has 2 aromatic rings. The van der Waals surface area contributed by atoms with E-state index in [0.717, 1.165) is 24.0 Å². The first-order valence-corrected chi connectivity index (χ1v) is 8.70. The molecule has 7 heteroatoms. The fourth-order valence-corrected chi connectivity index (χ4v) is 3.40. The van der Waals surface area contributed by atoms with E-state index in [0.29, 0.717) is 24.7 Å². The highest BCUT2D eigenvalue weighted by atomic mass is 16.2. The van der Waals surface area contributed by atoms with Crippen LogP contribution < -0.4 is 10.6 Å². The van der Waals surface area contributed by atoms with Crippen molar-refractivity contribution in [3.63, 3.8) is 0 Å². The van der Waals surface area contributed by atoms with Crippen LogP contribution in [0.3, 0.4) is 0 Å². The number of nitrogens with one attached hydrogen (secondary N) is 2. The number of nitrogens with zero attached hydrogens (tertiary/aromatic N) is 3. The molecule has 1 aromatic carbocycles. The Hall–Kier alpha value is -2.41. The van der Waals surface area contributed by atoms with Crippen molar-refractivity contribution in [1.82, 2.24) is 20.0 Å². The van der Waals surface area contributed by atoms with Gasteiger partial charge >= 0.3 is 0 Å². The monoisotopic (exact) mass is 343 g/mol. The lowest BCUT2D eigenvalue weighted by molar-refractivity contribution is -0.116. The van der Waals surface area contributed by atoms with Gasteiger partial charge in [-0.05, 0) is 56.6 Å². The SMILES string of the molecule is CN1CCC(c2ccc3c(NC(=O)CCNC=O)nn(C)c3c2)CC1. The minimum absolute atomic E-state index is 0.159. The Morgan fingerprint density at radius 2 is 2.08 bits per heavy atom. The smallest absolute Gasteiger partial charge is 0.227 e. The van der Waals surface area contributed by atoms with Gasteiger partial charge in [-0.2, -0.15) is 5.10 Å². The van der Waals surface area contributed by atoms with Crippen molar-refractivity contribution >= 4 is 29.0 Å². The van der Waals surface area contributed by atoms with Gasteiger partial charge in [0.05, 0.1) is 5.52 Å². The molecule has 3 rings (SSSR count). The molecule has 25 heavy (non-hydrogen) atoms. The van der Waals surface area contributed by atoms with Crippen LogP contribution in [0.2, 0.25) is 0 Å². The predicted octanol–water partition coefficient (Wildman–Crippen LogP) is 1.46. The fourth-order valence-electron chi connectivity index (χ4n) is 3.40. The van der Waals surface area contributed by atoms with Gasteiger partial charge in [-0.3, -0.25) is 14.3 Å². The van der Waals surface area contributed by atoms with Crippen LogP contribution in [0.15, 0.2) is 18.2 Å². The molecular formula is C18H25N5O2. The molecule has 0 radical (unpaired) electrons. The second kappa shape index (κ2) is 7.65. The van der Waals surface area contributed by atoms with Crippen LogP contribution >= 0.6 is 0 Å². The summed E-state index contributed by atoms with van der Waals surface area (Å²) in [5.41, 5.74) is 2.37. The number of amides is 2. The highest BCUT2D eigenvalue weighted by Gasteiger charge is 2.20. The van der Waals surface area contributed by atoms with E-state index in [1.807, 2.05) is 11.7 Å². The number of carbonyl (C=O) groups excluding carboxylic acids is 2. The van der Waals surface area contributed by atoms with E-state index < -0.39 is 0 Å². The number of likely N-dealkylation sites (tertiary alicyclic amines) is 1. The van der Waals surface area contributed by atoms with Crippen LogP contribution in [0, 0.1) is 0 Å². The molecule has 0 atom stereocenters. The van der Waals surface area contributed by atoms with Crippen molar-refractivity contribution < 1.29 is 9.59 Å². The van der Waals surface area contributed by atoms with Crippen LogP contribution in [-0.2, 0) is 16.6 Å². The van der Waals surface area contributed by atoms with Crippen LogP contribution in [0.25, 0.3) is 10.9 Å². The summed E-state index contributed by atoms with van der Waals surface area (Å²) >= 11 is 0. The number of benzene rings is 1. The number of anilines is 1. The van der Waals surface area contributed by atoms with E-state index in [1.54, 1.807) is 0 Å². The summed E-state index contributed by atoms with van der Waals surface area (Å²) < 4.78 is 1.81. The zero-order valence-corrected chi connectivity index (χ0v) is 14.8. The van der Waals surface area contributed by atoms with Crippen molar-refractivity contribution in [1.29, 1.82) is 0 Å². The Bertz CT molecular complexity index is 762. The van der Waals surface area contributed by atoms with E-state index in [-0.39, 0.29) is 12.3 Å². The number of hydrogen-bond acceptors (Lipinski definition) is 4. The predicted molar refractivity (Wildman–Crippen MR) is 97.5 cm³/mol. The third-order valence-electron chi connectivity index (χ3n) is 4.90. The maximum absolute atomic E-state index is 12.0. The fraction of sp³-hybridized carbons (Fsp3) is 0.500. The molecule has 0 bridgehead atoms. The zero-order valence-electron chi connectivity index (χ0n) is 14.8. The van der Waals surface area contributed by atoms with E-state index in [1.165, 1.54) is 18.4 Å².